The number of aromatic nitrogens is 2. The van der Waals surface area contributed by atoms with Gasteiger partial charge in [0.1, 0.15) is 6.54 Å². The van der Waals surface area contributed by atoms with Crippen molar-refractivity contribution in [3.05, 3.63) is 12.4 Å². The van der Waals surface area contributed by atoms with E-state index in [-0.39, 0.29) is 6.54 Å². The van der Waals surface area contributed by atoms with E-state index in [2.05, 4.69) is 5.10 Å². The lowest BCUT2D eigenvalue weighted by Gasteiger charge is -1.98. The van der Waals surface area contributed by atoms with Crippen LogP contribution in [-0.4, -0.2) is 27.5 Å². The van der Waals surface area contributed by atoms with Crippen molar-refractivity contribution in [3.8, 4) is 5.75 Å². The zero-order chi connectivity index (χ0) is 9.68. The second kappa shape index (κ2) is 4.49. The third-order valence-electron chi connectivity index (χ3n) is 1.38. The molecule has 72 valence electrons. The Morgan fingerprint density at radius 1 is 1.77 bits per heavy atom. The summed E-state index contributed by atoms with van der Waals surface area (Å²) in [5, 5.41) is 12.3. The number of hydrogen-bond acceptors (Lipinski definition) is 3. The highest BCUT2D eigenvalue weighted by Crippen LogP contribution is 2.07. The van der Waals surface area contributed by atoms with Crippen molar-refractivity contribution in [1.82, 2.24) is 9.78 Å². The van der Waals surface area contributed by atoms with Crippen LogP contribution in [-0.2, 0) is 11.3 Å². The van der Waals surface area contributed by atoms with E-state index in [0.29, 0.717) is 12.4 Å². The summed E-state index contributed by atoms with van der Waals surface area (Å²) >= 11 is 0. The molecule has 0 aromatic carbocycles. The van der Waals surface area contributed by atoms with E-state index in [9.17, 15) is 4.79 Å². The molecule has 0 radical (unpaired) electrons. The standard InChI is InChI=1S/C8H12N2O3/c1-2-3-13-7-4-9-10(5-7)6-8(11)12/h4-5H,2-3,6H2,1H3,(H,11,12). The zero-order valence-electron chi connectivity index (χ0n) is 7.43. The highest BCUT2D eigenvalue weighted by Gasteiger charge is 2.02. The summed E-state index contributed by atoms with van der Waals surface area (Å²) in [7, 11) is 0. The molecular formula is C8H12N2O3. The van der Waals surface area contributed by atoms with E-state index in [1.807, 2.05) is 6.92 Å². The third-order valence-corrected chi connectivity index (χ3v) is 1.38. The number of carboxylic acids is 1. The summed E-state index contributed by atoms with van der Waals surface area (Å²) in [6.07, 6.45) is 4.01. The van der Waals surface area contributed by atoms with Crippen LogP contribution in [0, 0.1) is 0 Å². The second-order valence-corrected chi connectivity index (χ2v) is 2.62. The predicted molar refractivity (Wildman–Crippen MR) is 45.6 cm³/mol. The Morgan fingerprint density at radius 3 is 3.15 bits per heavy atom. The van der Waals surface area contributed by atoms with Crippen molar-refractivity contribution in [2.24, 2.45) is 0 Å². The summed E-state index contributed by atoms with van der Waals surface area (Å²) in [5.74, 6) is -0.298. The Labute approximate surface area is 75.9 Å². The first-order valence-corrected chi connectivity index (χ1v) is 4.09. The highest BCUT2D eigenvalue weighted by atomic mass is 16.5. The lowest BCUT2D eigenvalue weighted by molar-refractivity contribution is -0.137. The SMILES string of the molecule is CCCOc1cnn(CC(=O)O)c1. The quantitative estimate of drug-likeness (QED) is 0.733. The maximum Gasteiger partial charge on any atom is 0.325 e. The normalized spacial score (nSPS) is 9.92. The van der Waals surface area contributed by atoms with Gasteiger partial charge in [0.2, 0.25) is 0 Å². The van der Waals surface area contributed by atoms with Crippen molar-refractivity contribution in [2.45, 2.75) is 19.9 Å². The van der Waals surface area contributed by atoms with Gasteiger partial charge in [0.15, 0.2) is 5.75 Å². The van der Waals surface area contributed by atoms with E-state index < -0.39 is 5.97 Å². The van der Waals surface area contributed by atoms with Gasteiger partial charge in [-0.15, -0.1) is 0 Å². The minimum absolute atomic E-state index is 0.129. The third kappa shape index (κ3) is 3.14. The first-order valence-electron chi connectivity index (χ1n) is 4.09. The van der Waals surface area contributed by atoms with Gasteiger partial charge in [-0.3, -0.25) is 9.48 Å². The van der Waals surface area contributed by atoms with Gasteiger partial charge < -0.3 is 9.84 Å². The average Bonchev–Trinajstić information content (AvgIpc) is 2.48. The number of carbonyl (C=O) groups is 1. The van der Waals surface area contributed by atoms with E-state index >= 15 is 0 Å². The number of carboxylic acid groups (broad SMARTS) is 1. The summed E-state index contributed by atoms with van der Waals surface area (Å²) in [6, 6.07) is 0. The first kappa shape index (κ1) is 9.57. The van der Waals surface area contributed by atoms with Gasteiger partial charge in [0.05, 0.1) is 19.0 Å². The molecule has 0 atom stereocenters. The Bertz CT molecular complexity index is 283. The van der Waals surface area contributed by atoms with Gasteiger partial charge in [0, 0.05) is 0 Å². The average molecular weight is 184 g/mol. The molecule has 1 aromatic rings. The van der Waals surface area contributed by atoms with Gasteiger partial charge >= 0.3 is 5.97 Å². The molecule has 0 aliphatic heterocycles. The highest BCUT2D eigenvalue weighted by molar-refractivity contribution is 5.66. The summed E-state index contributed by atoms with van der Waals surface area (Å²) in [4.78, 5) is 10.3. The molecule has 0 fully saturated rings. The van der Waals surface area contributed by atoms with E-state index in [4.69, 9.17) is 9.84 Å². The van der Waals surface area contributed by atoms with Crippen molar-refractivity contribution in [3.63, 3.8) is 0 Å². The van der Waals surface area contributed by atoms with Crippen LogP contribution in [0.3, 0.4) is 0 Å². The monoisotopic (exact) mass is 184 g/mol. The van der Waals surface area contributed by atoms with Crippen molar-refractivity contribution < 1.29 is 14.6 Å². The number of hydrogen-bond donors (Lipinski definition) is 1. The molecule has 0 spiro atoms. The van der Waals surface area contributed by atoms with Gasteiger partial charge in [-0.05, 0) is 6.42 Å². The number of aliphatic carboxylic acids is 1. The number of ether oxygens (including phenoxy) is 1. The molecule has 0 aliphatic rings. The molecule has 1 aromatic heterocycles. The van der Waals surface area contributed by atoms with Crippen LogP contribution in [0.15, 0.2) is 12.4 Å². The lowest BCUT2D eigenvalue weighted by atomic mass is 10.5. The molecule has 0 bridgehead atoms. The van der Waals surface area contributed by atoms with Gasteiger partial charge in [-0.2, -0.15) is 5.10 Å². The van der Waals surface area contributed by atoms with E-state index in [1.165, 1.54) is 10.9 Å². The number of nitrogens with zero attached hydrogens (tertiary/aromatic N) is 2. The van der Waals surface area contributed by atoms with Crippen LogP contribution < -0.4 is 4.74 Å². The fraction of sp³-hybridized carbons (Fsp3) is 0.500. The summed E-state index contributed by atoms with van der Waals surface area (Å²) in [6.45, 7) is 2.50. The van der Waals surface area contributed by atoms with Crippen LogP contribution in [0.4, 0.5) is 0 Å². The molecule has 0 amide bonds. The van der Waals surface area contributed by atoms with Crippen molar-refractivity contribution in [2.75, 3.05) is 6.61 Å². The molecule has 0 unspecified atom stereocenters. The van der Waals surface area contributed by atoms with Gasteiger partial charge in [0.25, 0.3) is 0 Å². The lowest BCUT2D eigenvalue weighted by Crippen LogP contribution is -2.08. The molecule has 1 rings (SSSR count). The van der Waals surface area contributed by atoms with Gasteiger partial charge in [-0.1, -0.05) is 6.92 Å². The smallest absolute Gasteiger partial charge is 0.325 e. The minimum atomic E-state index is -0.912. The summed E-state index contributed by atoms with van der Waals surface area (Å²) < 4.78 is 6.57. The maximum absolute atomic E-state index is 10.3. The molecule has 1 N–H and O–H groups in total. The number of rotatable bonds is 5. The van der Waals surface area contributed by atoms with E-state index in [0.717, 1.165) is 6.42 Å². The Balaban J connectivity index is 2.48. The fourth-order valence-corrected chi connectivity index (χ4v) is 0.864. The molecular weight excluding hydrogens is 172 g/mol. The molecule has 0 aliphatic carbocycles. The minimum Gasteiger partial charge on any atom is -0.490 e. The topological polar surface area (TPSA) is 64.4 Å². The Kier molecular flexibility index (Phi) is 3.31. The second-order valence-electron chi connectivity index (χ2n) is 2.62. The molecule has 1 heterocycles. The molecule has 13 heavy (non-hydrogen) atoms. The first-order chi connectivity index (χ1) is 6.22. The zero-order valence-corrected chi connectivity index (χ0v) is 7.43. The van der Waals surface area contributed by atoms with Crippen LogP contribution in [0.5, 0.6) is 5.75 Å². The fourth-order valence-electron chi connectivity index (χ4n) is 0.864. The van der Waals surface area contributed by atoms with Crippen LogP contribution in [0.2, 0.25) is 0 Å². The van der Waals surface area contributed by atoms with E-state index in [1.54, 1.807) is 6.20 Å². The van der Waals surface area contributed by atoms with Crippen molar-refractivity contribution in [1.29, 1.82) is 0 Å². The van der Waals surface area contributed by atoms with Crippen LogP contribution in [0.1, 0.15) is 13.3 Å². The Morgan fingerprint density at radius 2 is 2.54 bits per heavy atom. The predicted octanol–water partition coefficient (Wildman–Crippen LogP) is 0.756. The molecule has 5 heteroatoms. The van der Waals surface area contributed by atoms with Crippen LogP contribution >= 0.6 is 0 Å². The molecule has 0 saturated heterocycles. The largest absolute Gasteiger partial charge is 0.490 e. The molecule has 0 saturated carbocycles. The maximum atomic E-state index is 10.3. The Hall–Kier alpha value is -1.52. The van der Waals surface area contributed by atoms with Gasteiger partial charge in [-0.25, -0.2) is 0 Å². The molecule has 5 nitrogen and oxygen atoms in total. The summed E-state index contributed by atoms with van der Waals surface area (Å²) in [5.41, 5.74) is 0. The van der Waals surface area contributed by atoms with Crippen molar-refractivity contribution >= 4 is 5.97 Å². The van der Waals surface area contributed by atoms with Crippen LogP contribution in [0.25, 0.3) is 0 Å².